The van der Waals surface area contributed by atoms with E-state index in [2.05, 4.69) is 22.5 Å². The van der Waals surface area contributed by atoms with Crippen LogP contribution in [0.25, 0.3) is 5.69 Å². The van der Waals surface area contributed by atoms with E-state index in [-0.39, 0.29) is 18.5 Å². The van der Waals surface area contributed by atoms with Crippen LogP contribution in [0.15, 0.2) is 61.1 Å². The van der Waals surface area contributed by atoms with Gasteiger partial charge in [-0.05, 0) is 49.7 Å². The molecule has 0 saturated carbocycles. The third kappa shape index (κ3) is 3.69. The van der Waals surface area contributed by atoms with E-state index in [1.165, 1.54) is 0 Å². The second-order valence-corrected chi connectivity index (χ2v) is 5.63. The Kier molecular flexibility index (Phi) is 4.28. The molecule has 0 bridgehead atoms. The summed E-state index contributed by atoms with van der Waals surface area (Å²) in [5, 5.41) is 7.23. The maximum Gasteiger partial charge on any atom is 0.242 e. The number of hydrogen-bond donors (Lipinski definition) is 1. The van der Waals surface area contributed by atoms with Crippen molar-refractivity contribution in [2.24, 2.45) is 0 Å². The number of carbonyl (C=O) groups excluding carboxylic acids is 1. The number of rotatable bonds is 5. The smallest absolute Gasteiger partial charge is 0.242 e. The normalized spacial score (nSPS) is 12.1. The molecule has 3 aromatic rings. The van der Waals surface area contributed by atoms with Crippen molar-refractivity contribution in [3.63, 3.8) is 0 Å². The Bertz CT molecular complexity index is 772. The van der Waals surface area contributed by atoms with Crippen molar-refractivity contribution in [2.45, 2.75) is 26.4 Å². The molecule has 2 aromatic heterocycles. The molecule has 23 heavy (non-hydrogen) atoms. The molecule has 5 nitrogen and oxygen atoms in total. The zero-order chi connectivity index (χ0) is 16.2. The maximum absolute atomic E-state index is 12.1. The molecule has 1 amide bonds. The fraction of sp³-hybridized carbons (Fsp3) is 0.222. The molecule has 2 heterocycles. The van der Waals surface area contributed by atoms with Gasteiger partial charge in [-0.3, -0.25) is 9.48 Å². The molecule has 1 N–H and O–H groups in total. The van der Waals surface area contributed by atoms with E-state index >= 15 is 0 Å². The van der Waals surface area contributed by atoms with Crippen LogP contribution in [0.3, 0.4) is 0 Å². The molecule has 0 radical (unpaired) electrons. The lowest BCUT2D eigenvalue weighted by Crippen LogP contribution is -2.30. The van der Waals surface area contributed by atoms with Crippen LogP contribution in [0.5, 0.6) is 0 Å². The zero-order valence-electron chi connectivity index (χ0n) is 13.3. The average Bonchev–Trinajstić information content (AvgIpc) is 3.19. The molecule has 0 aliphatic rings. The second kappa shape index (κ2) is 6.52. The molecule has 0 fully saturated rings. The Morgan fingerprint density at radius 3 is 2.43 bits per heavy atom. The van der Waals surface area contributed by atoms with E-state index in [9.17, 15) is 4.79 Å². The van der Waals surface area contributed by atoms with Crippen LogP contribution in [-0.2, 0) is 11.3 Å². The van der Waals surface area contributed by atoms with Crippen LogP contribution in [0.4, 0.5) is 0 Å². The quantitative estimate of drug-likeness (QED) is 0.788. The molecular formula is C18H20N4O. The van der Waals surface area contributed by atoms with Gasteiger partial charge in [0.2, 0.25) is 5.91 Å². The third-order valence-corrected chi connectivity index (χ3v) is 3.75. The van der Waals surface area contributed by atoms with Crippen molar-refractivity contribution in [2.75, 3.05) is 0 Å². The first kappa shape index (κ1) is 15.1. The molecular weight excluding hydrogens is 288 g/mol. The Morgan fingerprint density at radius 1 is 1.13 bits per heavy atom. The molecule has 0 saturated heterocycles. The van der Waals surface area contributed by atoms with Crippen LogP contribution >= 0.6 is 0 Å². The molecule has 1 atom stereocenters. The van der Waals surface area contributed by atoms with Gasteiger partial charge in [-0.25, -0.2) is 0 Å². The second-order valence-electron chi connectivity index (χ2n) is 5.63. The summed E-state index contributed by atoms with van der Waals surface area (Å²) >= 11 is 0. The molecule has 1 unspecified atom stereocenters. The number of aromatic nitrogens is 3. The van der Waals surface area contributed by atoms with E-state index < -0.39 is 0 Å². The largest absolute Gasteiger partial charge is 0.348 e. The standard InChI is InChI=1S/C18H20N4O/c1-14-9-12-22(20-14)13-18(23)19-15(2)16-5-7-17(8-6-16)21-10-3-4-11-21/h3-12,15H,13H2,1-2H3,(H,19,23). The molecule has 0 aliphatic carbocycles. The van der Waals surface area contributed by atoms with Gasteiger partial charge in [0.1, 0.15) is 6.54 Å². The van der Waals surface area contributed by atoms with Gasteiger partial charge in [0.15, 0.2) is 0 Å². The number of amides is 1. The predicted molar refractivity (Wildman–Crippen MR) is 89.3 cm³/mol. The van der Waals surface area contributed by atoms with Crippen molar-refractivity contribution >= 4 is 5.91 Å². The molecule has 5 heteroatoms. The summed E-state index contributed by atoms with van der Waals surface area (Å²) in [7, 11) is 0. The number of nitrogens with zero attached hydrogens (tertiary/aromatic N) is 3. The van der Waals surface area contributed by atoms with Gasteiger partial charge in [0, 0.05) is 24.3 Å². The minimum Gasteiger partial charge on any atom is -0.348 e. The molecule has 3 rings (SSSR count). The molecule has 0 aliphatic heterocycles. The van der Waals surface area contributed by atoms with Gasteiger partial charge >= 0.3 is 0 Å². The summed E-state index contributed by atoms with van der Waals surface area (Å²) < 4.78 is 3.69. The lowest BCUT2D eigenvalue weighted by Gasteiger charge is -2.15. The van der Waals surface area contributed by atoms with Crippen LogP contribution in [0, 0.1) is 6.92 Å². The Morgan fingerprint density at radius 2 is 1.83 bits per heavy atom. The number of benzene rings is 1. The zero-order valence-corrected chi connectivity index (χ0v) is 13.3. The number of hydrogen-bond acceptors (Lipinski definition) is 2. The number of aryl methyl sites for hydroxylation is 1. The van der Waals surface area contributed by atoms with Crippen LogP contribution < -0.4 is 5.32 Å². The van der Waals surface area contributed by atoms with E-state index in [1.54, 1.807) is 4.68 Å². The fourth-order valence-corrected chi connectivity index (χ4v) is 2.51. The lowest BCUT2D eigenvalue weighted by atomic mass is 10.1. The van der Waals surface area contributed by atoms with E-state index in [0.717, 1.165) is 16.9 Å². The Balaban J connectivity index is 1.61. The topological polar surface area (TPSA) is 51.9 Å². The Hall–Kier alpha value is -2.82. The van der Waals surface area contributed by atoms with Crippen molar-refractivity contribution in [1.29, 1.82) is 0 Å². The van der Waals surface area contributed by atoms with Gasteiger partial charge in [-0.15, -0.1) is 0 Å². The number of nitrogens with one attached hydrogen (secondary N) is 1. The maximum atomic E-state index is 12.1. The summed E-state index contributed by atoms with van der Waals surface area (Å²) in [5.74, 6) is -0.0462. The van der Waals surface area contributed by atoms with Crippen LogP contribution in [0.2, 0.25) is 0 Å². The molecule has 118 valence electrons. The highest BCUT2D eigenvalue weighted by Gasteiger charge is 2.10. The van der Waals surface area contributed by atoms with Crippen LogP contribution in [0.1, 0.15) is 24.2 Å². The summed E-state index contributed by atoms with van der Waals surface area (Å²) in [5.41, 5.74) is 3.08. The predicted octanol–water partition coefficient (Wildman–Crippen LogP) is 2.86. The Labute approximate surface area is 135 Å². The van der Waals surface area contributed by atoms with Crippen molar-refractivity contribution in [1.82, 2.24) is 19.7 Å². The van der Waals surface area contributed by atoms with E-state index in [0.29, 0.717) is 0 Å². The van der Waals surface area contributed by atoms with E-state index in [1.807, 2.05) is 67.3 Å². The minimum absolute atomic E-state index is 0.0436. The lowest BCUT2D eigenvalue weighted by molar-refractivity contribution is -0.122. The first-order chi connectivity index (χ1) is 11.1. The summed E-state index contributed by atoms with van der Waals surface area (Å²) in [6.45, 7) is 4.12. The van der Waals surface area contributed by atoms with Crippen LogP contribution in [-0.4, -0.2) is 20.3 Å². The summed E-state index contributed by atoms with van der Waals surface area (Å²) in [6.07, 6.45) is 5.82. The van der Waals surface area contributed by atoms with Crippen molar-refractivity contribution in [3.8, 4) is 5.69 Å². The first-order valence-corrected chi connectivity index (χ1v) is 7.64. The summed E-state index contributed by atoms with van der Waals surface area (Å²) in [6, 6.07) is 14.0. The van der Waals surface area contributed by atoms with E-state index in [4.69, 9.17) is 0 Å². The molecule has 1 aromatic carbocycles. The van der Waals surface area contributed by atoms with Gasteiger partial charge in [-0.2, -0.15) is 5.10 Å². The summed E-state index contributed by atoms with van der Waals surface area (Å²) in [4.78, 5) is 12.1. The highest BCUT2D eigenvalue weighted by Crippen LogP contribution is 2.16. The number of carbonyl (C=O) groups is 1. The van der Waals surface area contributed by atoms with Gasteiger partial charge in [-0.1, -0.05) is 12.1 Å². The SMILES string of the molecule is Cc1ccn(CC(=O)NC(C)c2ccc(-n3cccc3)cc2)n1. The van der Waals surface area contributed by atoms with Gasteiger partial charge in [0.25, 0.3) is 0 Å². The van der Waals surface area contributed by atoms with Gasteiger partial charge in [0.05, 0.1) is 11.7 Å². The monoisotopic (exact) mass is 308 g/mol. The molecule has 0 spiro atoms. The third-order valence-electron chi connectivity index (χ3n) is 3.75. The average molecular weight is 308 g/mol. The fourth-order valence-electron chi connectivity index (χ4n) is 2.51. The highest BCUT2D eigenvalue weighted by molar-refractivity contribution is 5.76. The highest BCUT2D eigenvalue weighted by atomic mass is 16.2. The van der Waals surface area contributed by atoms with Gasteiger partial charge < -0.3 is 9.88 Å². The van der Waals surface area contributed by atoms with Crippen molar-refractivity contribution in [3.05, 3.63) is 72.3 Å². The minimum atomic E-state index is -0.0462. The van der Waals surface area contributed by atoms with Crippen molar-refractivity contribution < 1.29 is 4.79 Å². The first-order valence-electron chi connectivity index (χ1n) is 7.64.